The average Bonchev–Trinajstić information content (AvgIpc) is 3.28. The van der Waals surface area contributed by atoms with Crippen molar-refractivity contribution in [1.29, 1.82) is 0 Å². The zero-order valence-corrected chi connectivity index (χ0v) is 18.9. The Bertz CT molecular complexity index is 1070. The number of thiazole rings is 1. The van der Waals surface area contributed by atoms with Gasteiger partial charge in [0.25, 0.3) is 5.91 Å². The summed E-state index contributed by atoms with van der Waals surface area (Å²) in [7, 11) is 1.71. The lowest BCUT2D eigenvalue weighted by Gasteiger charge is -2.27. The van der Waals surface area contributed by atoms with Crippen LogP contribution in [0.3, 0.4) is 0 Å². The van der Waals surface area contributed by atoms with Crippen LogP contribution in [-0.2, 0) is 11.8 Å². The molecule has 1 saturated heterocycles. The molecule has 1 aliphatic rings. The Labute approximate surface area is 189 Å². The molecule has 11 heteroatoms. The molecule has 0 spiro atoms. The van der Waals surface area contributed by atoms with Crippen LogP contribution in [0.1, 0.15) is 22.6 Å². The van der Waals surface area contributed by atoms with Gasteiger partial charge in [0.15, 0.2) is 10.9 Å². The van der Waals surface area contributed by atoms with Crippen molar-refractivity contribution < 1.29 is 18.3 Å². The van der Waals surface area contributed by atoms with Crippen molar-refractivity contribution in [3.8, 4) is 0 Å². The summed E-state index contributed by atoms with van der Waals surface area (Å²) in [5.41, 5.74) is 1.22. The van der Waals surface area contributed by atoms with Crippen molar-refractivity contribution in [2.45, 2.75) is 13.3 Å². The van der Waals surface area contributed by atoms with Crippen LogP contribution in [0.5, 0.6) is 0 Å². The number of rotatable bonds is 6. The van der Waals surface area contributed by atoms with Crippen molar-refractivity contribution in [2.24, 2.45) is 7.05 Å². The molecular formula is C20H24ClF2N5O2S. The summed E-state index contributed by atoms with van der Waals surface area (Å²) in [5, 5.41) is 4.60. The number of carbonyl (C=O) groups excluding carboxylic acids is 1. The lowest BCUT2D eigenvalue weighted by atomic mass is 10.3. The molecule has 7 nitrogen and oxygen atoms in total. The summed E-state index contributed by atoms with van der Waals surface area (Å²) in [6.07, 6.45) is 0.718. The fraction of sp³-hybridized carbons (Fsp3) is 0.450. The van der Waals surface area contributed by atoms with Crippen LogP contribution in [0, 0.1) is 18.6 Å². The Hall–Kier alpha value is -2.14. The lowest BCUT2D eigenvalue weighted by Crippen LogP contribution is -2.39. The smallest absolute Gasteiger partial charge is 0.278 e. The van der Waals surface area contributed by atoms with Crippen molar-refractivity contribution in [1.82, 2.24) is 19.7 Å². The molecule has 0 N–H and O–H groups in total. The van der Waals surface area contributed by atoms with Crippen LogP contribution in [-0.4, -0.2) is 65.0 Å². The first-order valence-electron chi connectivity index (χ1n) is 9.80. The van der Waals surface area contributed by atoms with E-state index in [-0.39, 0.29) is 23.8 Å². The standard InChI is InChI=1S/C20H23F2N5O2S.ClH/c1-13-10-16(25(2)24-13)19(28)27(5-3-4-26-6-8-29-9-7-26)20-23-18-15(22)11-14(21)12-17(18)30-20;/h10-12H,3-9H2,1-2H3;1H. The normalized spacial score (nSPS) is 14.6. The third-order valence-corrected chi connectivity index (χ3v) is 6.08. The number of nitrogens with zero attached hydrogens (tertiary/aromatic N) is 5. The third kappa shape index (κ3) is 5.20. The highest BCUT2D eigenvalue weighted by atomic mass is 35.5. The van der Waals surface area contributed by atoms with Crippen LogP contribution < -0.4 is 4.90 Å². The van der Waals surface area contributed by atoms with Gasteiger partial charge in [-0.15, -0.1) is 12.4 Å². The Kier molecular flexibility index (Phi) is 7.58. The van der Waals surface area contributed by atoms with Gasteiger partial charge >= 0.3 is 0 Å². The number of morpholine rings is 1. The average molecular weight is 472 g/mol. The Morgan fingerprint density at radius 1 is 1.26 bits per heavy atom. The van der Waals surface area contributed by atoms with Crippen molar-refractivity contribution in [3.63, 3.8) is 0 Å². The van der Waals surface area contributed by atoms with Gasteiger partial charge in [0.1, 0.15) is 17.0 Å². The monoisotopic (exact) mass is 471 g/mol. The number of carbonyl (C=O) groups is 1. The number of anilines is 1. The summed E-state index contributed by atoms with van der Waals surface area (Å²) in [6.45, 7) is 6.17. The Morgan fingerprint density at radius 2 is 2.00 bits per heavy atom. The molecule has 0 unspecified atom stereocenters. The number of benzene rings is 1. The zero-order valence-electron chi connectivity index (χ0n) is 17.3. The molecule has 0 atom stereocenters. The van der Waals surface area contributed by atoms with E-state index in [1.165, 1.54) is 10.7 Å². The number of aromatic nitrogens is 3. The molecule has 0 saturated carbocycles. The maximum atomic E-state index is 14.2. The highest BCUT2D eigenvalue weighted by molar-refractivity contribution is 7.22. The Balaban J connectivity index is 0.00000272. The topological polar surface area (TPSA) is 63.5 Å². The second-order valence-corrected chi connectivity index (χ2v) is 8.30. The third-order valence-electron chi connectivity index (χ3n) is 5.06. The van der Waals surface area contributed by atoms with Crippen LogP contribution in [0.25, 0.3) is 10.2 Å². The van der Waals surface area contributed by atoms with Crippen molar-refractivity contribution >= 4 is 45.0 Å². The summed E-state index contributed by atoms with van der Waals surface area (Å²) in [5.74, 6) is -1.66. The van der Waals surface area contributed by atoms with Gasteiger partial charge in [-0.05, 0) is 25.5 Å². The van der Waals surface area contributed by atoms with Gasteiger partial charge in [-0.2, -0.15) is 5.10 Å². The molecule has 0 aliphatic carbocycles. The predicted octanol–water partition coefficient (Wildman–Crippen LogP) is 3.41. The summed E-state index contributed by atoms with van der Waals surface area (Å²) in [6, 6.07) is 3.76. The van der Waals surface area contributed by atoms with E-state index in [9.17, 15) is 13.6 Å². The highest BCUT2D eigenvalue weighted by Gasteiger charge is 2.25. The minimum absolute atomic E-state index is 0. The second-order valence-electron chi connectivity index (χ2n) is 7.29. The number of hydrogen-bond donors (Lipinski definition) is 0. The molecule has 3 aromatic rings. The van der Waals surface area contributed by atoms with E-state index in [0.717, 1.165) is 49.2 Å². The number of hydrogen-bond acceptors (Lipinski definition) is 6. The van der Waals surface area contributed by atoms with Gasteiger partial charge in [0.2, 0.25) is 0 Å². The van der Waals surface area contributed by atoms with E-state index in [4.69, 9.17) is 4.74 Å². The second kappa shape index (κ2) is 9.99. The molecule has 31 heavy (non-hydrogen) atoms. The van der Waals surface area contributed by atoms with Gasteiger partial charge < -0.3 is 4.74 Å². The van der Waals surface area contributed by atoms with Gasteiger partial charge in [0, 0.05) is 39.3 Å². The van der Waals surface area contributed by atoms with Gasteiger partial charge in [-0.25, -0.2) is 13.8 Å². The fourth-order valence-corrected chi connectivity index (χ4v) is 4.60. The van der Waals surface area contributed by atoms with Crippen molar-refractivity contribution in [2.75, 3.05) is 44.3 Å². The summed E-state index contributed by atoms with van der Waals surface area (Å²) >= 11 is 1.11. The molecule has 1 fully saturated rings. The molecule has 2 aromatic heterocycles. The molecule has 1 aromatic carbocycles. The number of fused-ring (bicyclic) bond motifs is 1. The van der Waals surface area contributed by atoms with Gasteiger partial charge in [-0.1, -0.05) is 11.3 Å². The first kappa shape index (κ1) is 23.5. The van der Waals surface area contributed by atoms with E-state index in [1.54, 1.807) is 18.0 Å². The molecule has 0 radical (unpaired) electrons. The maximum absolute atomic E-state index is 14.2. The van der Waals surface area contributed by atoms with E-state index >= 15 is 0 Å². The summed E-state index contributed by atoms with van der Waals surface area (Å²) < 4.78 is 35.1. The van der Waals surface area contributed by atoms with Crippen LogP contribution in [0.15, 0.2) is 18.2 Å². The number of aryl methyl sites for hydroxylation is 2. The van der Waals surface area contributed by atoms with E-state index in [0.29, 0.717) is 35.3 Å². The van der Waals surface area contributed by atoms with Gasteiger partial charge in [0.05, 0.1) is 23.6 Å². The minimum Gasteiger partial charge on any atom is -0.379 e. The molecule has 0 bridgehead atoms. The molecule has 4 rings (SSSR count). The maximum Gasteiger partial charge on any atom is 0.278 e. The number of ether oxygens (including phenoxy) is 1. The van der Waals surface area contributed by atoms with E-state index < -0.39 is 11.6 Å². The Morgan fingerprint density at radius 3 is 2.68 bits per heavy atom. The first-order valence-corrected chi connectivity index (χ1v) is 10.6. The van der Waals surface area contributed by atoms with Crippen LogP contribution in [0.2, 0.25) is 0 Å². The molecule has 168 valence electrons. The lowest BCUT2D eigenvalue weighted by molar-refractivity contribution is 0.0376. The quantitative estimate of drug-likeness (QED) is 0.551. The van der Waals surface area contributed by atoms with Crippen LogP contribution >= 0.6 is 23.7 Å². The number of halogens is 3. The van der Waals surface area contributed by atoms with Crippen LogP contribution in [0.4, 0.5) is 13.9 Å². The molecule has 1 aliphatic heterocycles. The molecule has 3 heterocycles. The first-order chi connectivity index (χ1) is 14.4. The number of amides is 1. The minimum atomic E-state index is -0.732. The predicted molar refractivity (Wildman–Crippen MR) is 118 cm³/mol. The SMILES string of the molecule is Cc1cc(C(=O)N(CCCN2CCOCC2)c2nc3c(F)cc(F)cc3s2)n(C)n1.Cl. The molecular weight excluding hydrogens is 448 g/mol. The fourth-order valence-electron chi connectivity index (χ4n) is 3.57. The van der Waals surface area contributed by atoms with E-state index in [1.807, 2.05) is 6.92 Å². The summed E-state index contributed by atoms with van der Waals surface area (Å²) in [4.78, 5) is 21.5. The largest absolute Gasteiger partial charge is 0.379 e. The van der Waals surface area contributed by atoms with E-state index in [2.05, 4.69) is 15.0 Å². The zero-order chi connectivity index (χ0) is 21.3. The molecule has 1 amide bonds. The van der Waals surface area contributed by atoms with Gasteiger partial charge in [-0.3, -0.25) is 19.3 Å². The highest BCUT2D eigenvalue weighted by Crippen LogP contribution is 2.32. The van der Waals surface area contributed by atoms with Crippen molar-refractivity contribution in [3.05, 3.63) is 41.2 Å².